The quantitative estimate of drug-likeness (QED) is 0.356. The van der Waals surface area contributed by atoms with E-state index in [1.807, 2.05) is 6.92 Å². The van der Waals surface area contributed by atoms with Crippen molar-refractivity contribution in [3.05, 3.63) is 12.2 Å². The molecule has 0 amide bonds. The van der Waals surface area contributed by atoms with Crippen LogP contribution in [0.2, 0.25) is 19.6 Å². The zero-order chi connectivity index (χ0) is 7.49. The number of allylic oxidation sites excluding steroid dienone is 1. The van der Waals surface area contributed by atoms with Gasteiger partial charge in [0.25, 0.3) is 0 Å². The third kappa shape index (κ3) is 7.52. The van der Waals surface area contributed by atoms with Gasteiger partial charge in [-0.2, -0.15) is 0 Å². The molecule has 0 aliphatic carbocycles. The average Bonchev–Trinajstić information content (AvgIpc) is 1.59. The average molecular weight is 138 g/mol. The van der Waals surface area contributed by atoms with Crippen LogP contribution in [0.15, 0.2) is 12.2 Å². The number of hydrogen-bond acceptors (Lipinski definition) is 0. The summed E-state index contributed by atoms with van der Waals surface area (Å²) in [6.07, 6.45) is 0. The summed E-state index contributed by atoms with van der Waals surface area (Å²) >= 11 is 0. The first-order valence-electron chi connectivity index (χ1n) is 3.10. The van der Waals surface area contributed by atoms with Gasteiger partial charge in [0, 0.05) is 0 Å². The smallest absolute Gasteiger partial charge is 0.127 e. The Morgan fingerprint density at radius 2 is 1.78 bits per heavy atom. The van der Waals surface area contributed by atoms with Gasteiger partial charge >= 0.3 is 0 Å². The Kier molecular flexibility index (Phi) is 2.73. The molecule has 0 fully saturated rings. The molecule has 9 heavy (non-hydrogen) atoms. The number of rotatable bonds is 0. The Balaban J connectivity index is 4.04. The molecule has 0 nitrogen and oxygen atoms in total. The lowest BCUT2D eigenvalue weighted by molar-refractivity contribution is 1.62. The van der Waals surface area contributed by atoms with Crippen LogP contribution in [0.3, 0.4) is 0 Å². The van der Waals surface area contributed by atoms with Crippen LogP contribution in [0.25, 0.3) is 0 Å². The molecule has 0 saturated heterocycles. The zero-order valence-corrected chi connectivity index (χ0v) is 7.71. The molecule has 0 aromatic heterocycles. The molecule has 0 aromatic rings. The highest BCUT2D eigenvalue weighted by Gasteiger charge is 2.06. The van der Waals surface area contributed by atoms with E-state index in [1.165, 1.54) is 0 Å². The first-order chi connectivity index (χ1) is 3.92. The van der Waals surface area contributed by atoms with E-state index >= 15 is 0 Å². The summed E-state index contributed by atoms with van der Waals surface area (Å²) in [4.78, 5) is 0. The highest BCUT2D eigenvalue weighted by molar-refractivity contribution is 6.83. The Labute approximate surface area is 59.0 Å². The van der Waals surface area contributed by atoms with Gasteiger partial charge in [0.15, 0.2) is 0 Å². The third-order valence-electron chi connectivity index (χ3n) is 0.651. The molecule has 0 saturated carbocycles. The zero-order valence-electron chi connectivity index (χ0n) is 6.71. The molecule has 0 heterocycles. The van der Waals surface area contributed by atoms with Crippen LogP contribution < -0.4 is 0 Å². The minimum atomic E-state index is -1.14. The second-order valence-electron chi connectivity index (χ2n) is 3.28. The van der Waals surface area contributed by atoms with Crippen molar-refractivity contribution in [2.75, 3.05) is 0 Å². The van der Waals surface area contributed by atoms with Gasteiger partial charge in [0.2, 0.25) is 0 Å². The van der Waals surface area contributed by atoms with Crippen molar-refractivity contribution in [2.24, 2.45) is 0 Å². The minimum absolute atomic E-state index is 0.970. The van der Waals surface area contributed by atoms with Crippen LogP contribution in [0.5, 0.6) is 0 Å². The van der Waals surface area contributed by atoms with E-state index in [1.54, 1.807) is 0 Å². The first-order valence-corrected chi connectivity index (χ1v) is 6.60. The van der Waals surface area contributed by atoms with Crippen LogP contribution in [-0.4, -0.2) is 8.07 Å². The maximum atomic E-state index is 3.71. The molecule has 0 spiro atoms. The van der Waals surface area contributed by atoms with Crippen molar-refractivity contribution in [1.29, 1.82) is 0 Å². The second kappa shape index (κ2) is 2.89. The van der Waals surface area contributed by atoms with Crippen LogP contribution in [0.4, 0.5) is 0 Å². The van der Waals surface area contributed by atoms with Crippen molar-refractivity contribution >= 4 is 8.07 Å². The fourth-order valence-electron chi connectivity index (χ4n) is 0.294. The van der Waals surface area contributed by atoms with E-state index in [0.717, 1.165) is 5.57 Å². The number of hydrogen-bond donors (Lipinski definition) is 0. The predicted molar refractivity (Wildman–Crippen MR) is 45.9 cm³/mol. The SMILES string of the molecule is C=C(C)C#C[Si](C)(C)C. The van der Waals surface area contributed by atoms with Crippen molar-refractivity contribution < 1.29 is 0 Å². The van der Waals surface area contributed by atoms with Gasteiger partial charge < -0.3 is 0 Å². The van der Waals surface area contributed by atoms with E-state index in [-0.39, 0.29) is 0 Å². The molecule has 1 heteroatoms. The topological polar surface area (TPSA) is 0 Å². The molecule has 0 aromatic carbocycles. The summed E-state index contributed by atoms with van der Waals surface area (Å²) in [5.74, 6) is 3.00. The molecule has 0 radical (unpaired) electrons. The van der Waals surface area contributed by atoms with Crippen molar-refractivity contribution in [2.45, 2.75) is 26.6 Å². The first kappa shape index (κ1) is 8.52. The summed E-state index contributed by atoms with van der Waals surface area (Å²) in [5, 5.41) is 0. The summed E-state index contributed by atoms with van der Waals surface area (Å²) in [5.41, 5.74) is 4.18. The lowest BCUT2D eigenvalue weighted by Crippen LogP contribution is -2.16. The van der Waals surface area contributed by atoms with Crippen molar-refractivity contribution in [3.8, 4) is 11.5 Å². The molecular weight excluding hydrogens is 124 g/mol. The van der Waals surface area contributed by atoms with Crippen LogP contribution in [-0.2, 0) is 0 Å². The summed E-state index contributed by atoms with van der Waals surface area (Å²) in [6.45, 7) is 12.3. The van der Waals surface area contributed by atoms with Gasteiger partial charge in [0.05, 0.1) is 0 Å². The van der Waals surface area contributed by atoms with Gasteiger partial charge in [-0.1, -0.05) is 32.1 Å². The Morgan fingerprint density at radius 3 is 1.89 bits per heavy atom. The minimum Gasteiger partial charge on any atom is -0.127 e. The summed E-state index contributed by atoms with van der Waals surface area (Å²) in [6, 6.07) is 0. The maximum Gasteiger partial charge on any atom is 0.129 e. The summed E-state index contributed by atoms with van der Waals surface area (Å²) in [7, 11) is -1.14. The molecule has 0 bridgehead atoms. The van der Waals surface area contributed by atoms with E-state index < -0.39 is 8.07 Å². The standard InChI is InChI=1S/C8H14Si/c1-8(2)6-7-9(3,4)5/h1H2,2-5H3. The van der Waals surface area contributed by atoms with Gasteiger partial charge in [0.1, 0.15) is 8.07 Å². The predicted octanol–water partition coefficient (Wildman–Crippen LogP) is 2.44. The van der Waals surface area contributed by atoms with E-state index in [9.17, 15) is 0 Å². The van der Waals surface area contributed by atoms with Crippen LogP contribution in [0, 0.1) is 11.5 Å². The molecule has 0 aliphatic rings. The molecule has 0 rings (SSSR count). The molecular formula is C8H14Si. The highest BCUT2D eigenvalue weighted by atomic mass is 28.3. The Bertz CT molecular complexity index is 161. The molecule has 0 N–H and O–H groups in total. The molecule has 0 atom stereocenters. The van der Waals surface area contributed by atoms with Gasteiger partial charge in [-0.25, -0.2) is 0 Å². The van der Waals surface area contributed by atoms with Gasteiger partial charge in [-0.15, -0.1) is 5.54 Å². The normalized spacial score (nSPS) is 9.78. The lowest BCUT2D eigenvalue weighted by Gasteiger charge is -2.02. The lowest BCUT2D eigenvalue weighted by atomic mass is 10.4. The van der Waals surface area contributed by atoms with Crippen LogP contribution in [0.1, 0.15) is 6.92 Å². The summed E-state index contributed by atoms with van der Waals surface area (Å²) < 4.78 is 0. The maximum absolute atomic E-state index is 3.71. The monoisotopic (exact) mass is 138 g/mol. The van der Waals surface area contributed by atoms with Gasteiger partial charge in [-0.05, 0) is 12.5 Å². The second-order valence-corrected chi connectivity index (χ2v) is 8.03. The fourth-order valence-corrected chi connectivity index (χ4v) is 0.883. The van der Waals surface area contributed by atoms with E-state index in [4.69, 9.17) is 0 Å². The molecule has 0 aliphatic heterocycles. The van der Waals surface area contributed by atoms with E-state index in [2.05, 4.69) is 37.7 Å². The molecule has 0 unspecified atom stereocenters. The van der Waals surface area contributed by atoms with Crippen molar-refractivity contribution in [3.63, 3.8) is 0 Å². The molecule has 50 valence electrons. The van der Waals surface area contributed by atoms with Gasteiger partial charge in [-0.3, -0.25) is 0 Å². The van der Waals surface area contributed by atoms with E-state index in [0.29, 0.717) is 0 Å². The Hall–Kier alpha value is -0.483. The Morgan fingerprint density at radius 1 is 1.33 bits per heavy atom. The third-order valence-corrected chi connectivity index (χ3v) is 1.53. The van der Waals surface area contributed by atoms with Crippen LogP contribution >= 0.6 is 0 Å². The fraction of sp³-hybridized carbons (Fsp3) is 0.500. The largest absolute Gasteiger partial charge is 0.129 e. The van der Waals surface area contributed by atoms with Crippen molar-refractivity contribution in [1.82, 2.24) is 0 Å². The highest BCUT2D eigenvalue weighted by Crippen LogP contribution is 1.97.